The lowest BCUT2D eigenvalue weighted by Crippen LogP contribution is -2.34. The van der Waals surface area contributed by atoms with E-state index < -0.39 is 6.29 Å². The van der Waals surface area contributed by atoms with E-state index >= 15 is 0 Å². The normalized spacial score (nSPS) is 22.8. The summed E-state index contributed by atoms with van der Waals surface area (Å²) in [5, 5.41) is 9.30. The van der Waals surface area contributed by atoms with Crippen LogP contribution in [0.15, 0.2) is 24.2 Å². The lowest BCUT2D eigenvalue weighted by molar-refractivity contribution is -0.171. The third-order valence-electron chi connectivity index (χ3n) is 1.81. The minimum absolute atomic E-state index is 0.236. The maximum absolute atomic E-state index is 9.30. The first-order valence-corrected chi connectivity index (χ1v) is 3.98. The monoisotopic (exact) mass is 186 g/mol. The predicted molar refractivity (Wildman–Crippen MR) is 47.1 cm³/mol. The van der Waals surface area contributed by atoms with Crippen molar-refractivity contribution in [3.05, 3.63) is 24.2 Å². The van der Waals surface area contributed by atoms with Gasteiger partial charge in [0.15, 0.2) is 12.4 Å². The number of hydrogen-bond donors (Lipinski definition) is 1. The van der Waals surface area contributed by atoms with Gasteiger partial charge in [-0.2, -0.15) is 0 Å². The van der Waals surface area contributed by atoms with Gasteiger partial charge in [-0.1, -0.05) is 6.58 Å². The summed E-state index contributed by atoms with van der Waals surface area (Å²) in [7, 11) is 3.05. The van der Waals surface area contributed by atoms with Crippen molar-refractivity contribution in [1.29, 1.82) is 0 Å². The van der Waals surface area contributed by atoms with E-state index in [4.69, 9.17) is 14.2 Å². The molecule has 74 valence electrons. The summed E-state index contributed by atoms with van der Waals surface area (Å²) in [6.45, 7) is 3.60. The molecule has 0 saturated carbocycles. The third-order valence-corrected chi connectivity index (χ3v) is 1.81. The zero-order chi connectivity index (χ0) is 9.84. The Labute approximate surface area is 77.4 Å². The van der Waals surface area contributed by atoms with E-state index in [0.717, 1.165) is 0 Å². The first-order valence-electron chi connectivity index (χ1n) is 3.98. The highest BCUT2D eigenvalue weighted by atomic mass is 16.7. The van der Waals surface area contributed by atoms with Gasteiger partial charge in [-0.25, -0.2) is 0 Å². The molecule has 0 aromatic rings. The van der Waals surface area contributed by atoms with Crippen LogP contribution in [0, 0.1) is 0 Å². The van der Waals surface area contributed by atoms with E-state index in [1.165, 1.54) is 20.3 Å². The van der Waals surface area contributed by atoms with Crippen molar-refractivity contribution >= 4 is 0 Å². The van der Waals surface area contributed by atoms with E-state index in [-0.39, 0.29) is 11.9 Å². The summed E-state index contributed by atoms with van der Waals surface area (Å²) in [5.41, 5.74) is 0. The number of methoxy groups -OCH3 is 2. The van der Waals surface area contributed by atoms with Crippen molar-refractivity contribution in [1.82, 2.24) is 0 Å². The molecule has 4 heteroatoms. The summed E-state index contributed by atoms with van der Waals surface area (Å²) in [5.74, 6) is 0.660. The molecule has 13 heavy (non-hydrogen) atoms. The van der Waals surface area contributed by atoms with Crippen molar-refractivity contribution in [3.63, 3.8) is 0 Å². The number of allylic oxidation sites excluding steroid dienone is 1. The largest absolute Gasteiger partial charge is 0.512 e. The fraction of sp³-hybridized carbons (Fsp3) is 0.556. The molecule has 4 nitrogen and oxygen atoms in total. The zero-order valence-electron chi connectivity index (χ0n) is 7.82. The highest BCUT2D eigenvalue weighted by Crippen LogP contribution is 2.22. The highest BCUT2D eigenvalue weighted by molar-refractivity contribution is 5.15. The molecule has 1 unspecified atom stereocenters. The summed E-state index contributed by atoms with van der Waals surface area (Å²) in [6, 6.07) is 0. The molecule has 0 fully saturated rings. The topological polar surface area (TPSA) is 47.9 Å². The van der Waals surface area contributed by atoms with Crippen LogP contribution < -0.4 is 0 Å². The van der Waals surface area contributed by atoms with Gasteiger partial charge in [-0.15, -0.1) is 0 Å². The smallest absolute Gasteiger partial charge is 0.194 e. The SMILES string of the molecule is C=C1C=C(O)CC(C(OC)OC)O1. The van der Waals surface area contributed by atoms with E-state index in [1.807, 2.05) is 0 Å². The van der Waals surface area contributed by atoms with Crippen LogP contribution in [0.4, 0.5) is 0 Å². The second kappa shape index (κ2) is 4.30. The maximum Gasteiger partial charge on any atom is 0.194 e. The van der Waals surface area contributed by atoms with E-state index in [0.29, 0.717) is 12.2 Å². The van der Waals surface area contributed by atoms with Gasteiger partial charge in [0.1, 0.15) is 5.76 Å². The number of ether oxygens (including phenoxy) is 3. The molecule has 0 aromatic carbocycles. The second-order valence-corrected chi connectivity index (χ2v) is 2.80. The van der Waals surface area contributed by atoms with Crippen molar-refractivity contribution in [3.8, 4) is 0 Å². The van der Waals surface area contributed by atoms with Crippen LogP contribution >= 0.6 is 0 Å². The Kier molecular flexibility index (Phi) is 3.33. The van der Waals surface area contributed by atoms with Gasteiger partial charge in [-0.05, 0) is 0 Å². The van der Waals surface area contributed by atoms with Gasteiger partial charge in [0.25, 0.3) is 0 Å². The maximum atomic E-state index is 9.30. The van der Waals surface area contributed by atoms with Crippen LogP contribution in [-0.2, 0) is 14.2 Å². The lowest BCUT2D eigenvalue weighted by atomic mass is 10.1. The lowest BCUT2D eigenvalue weighted by Gasteiger charge is -2.28. The average Bonchev–Trinajstić information content (AvgIpc) is 2.04. The van der Waals surface area contributed by atoms with Gasteiger partial charge >= 0.3 is 0 Å². The average molecular weight is 186 g/mol. The van der Waals surface area contributed by atoms with Crippen LogP contribution in [0.3, 0.4) is 0 Å². The van der Waals surface area contributed by atoms with Crippen LogP contribution in [0.5, 0.6) is 0 Å². The Hall–Kier alpha value is -1.00. The van der Waals surface area contributed by atoms with Crippen LogP contribution in [0.2, 0.25) is 0 Å². The first kappa shape index (κ1) is 10.1. The molecular weight excluding hydrogens is 172 g/mol. The quantitative estimate of drug-likeness (QED) is 0.676. The molecule has 0 amide bonds. The molecular formula is C9H14O4. The number of aliphatic hydroxyl groups excluding tert-OH is 1. The molecule has 1 aliphatic rings. The number of rotatable bonds is 3. The van der Waals surface area contributed by atoms with Crippen molar-refractivity contribution < 1.29 is 19.3 Å². The van der Waals surface area contributed by atoms with E-state index in [2.05, 4.69) is 6.58 Å². The Morgan fingerprint density at radius 2 is 2.23 bits per heavy atom. The fourth-order valence-corrected chi connectivity index (χ4v) is 1.27. The molecule has 1 atom stereocenters. The van der Waals surface area contributed by atoms with Gasteiger partial charge in [0, 0.05) is 26.7 Å². The summed E-state index contributed by atoms with van der Waals surface area (Å²) in [4.78, 5) is 0. The molecule has 1 heterocycles. The third kappa shape index (κ3) is 2.47. The van der Waals surface area contributed by atoms with Gasteiger partial charge < -0.3 is 19.3 Å². The van der Waals surface area contributed by atoms with Gasteiger partial charge in [0.2, 0.25) is 0 Å². The molecule has 1 N–H and O–H groups in total. The molecule has 1 rings (SSSR count). The molecule has 0 bridgehead atoms. The molecule has 0 radical (unpaired) electrons. The highest BCUT2D eigenvalue weighted by Gasteiger charge is 2.27. The molecule has 0 aliphatic carbocycles. The van der Waals surface area contributed by atoms with Gasteiger partial charge in [-0.3, -0.25) is 0 Å². The standard InChI is InChI=1S/C9H14O4/c1-6-4-7(10)5-8(13-6)9(11-2)12-3/h4,8-10H,1,5H2,2-3H3. The minimum Gasteiger partial charge on any atom is -0.512 e. The summed E-state index contributed by atoms with van der Waals surface area (Å²) < 4.78 is 15.3. The van der Waals surface area contributed by atoms with E-state index in [1.54, 1.807) is 0 Å². The Bertz CT molecular complexity index is 218. The van der Waals surface area contributed by atoms with Crippen molar-refractivity contribution in [2.24, 2.45) is 0 Å². The zero-order valence-corrected chi connectivity index (χ0v) is 7.82. The Balaban J connectivity index is 2.63. The molecule has 0 saturated heterocycles. The molecule has 1 aliphatic heterocycles. The summed E-state index contributed by atoms with van der Waals surface area (Å²) in [6.07, 6.45) is 1.06. The van der Waals surface area contributed by atoms with Crippen molar-refractivity contribution in [2.75, 3.05) is 14.2 Å². The van der Waals surface area contributed by atoms with Crippen LogP contribution in [-0.4, -0.2) is 31.7 Å². The predicted octanol–water partition coefficient (Wildman–Crippen LogP) is 1.35. The Morgan fingerprint density at radius 3 is 2.69 bits per heavy atom. The van der Waals surface area contributed by atoms with Crippen molar-refractivity contribution in [2.45, 2.75) is 18.8 Å². The number of aliphatic hydroxyl groups is 1. The minimum atomic E-state index is -0.479. The Morgan fingerprint density at radius 1 is 1.62 bits per heavy atom. The number of hydrogen-bond acceptors (Lipinski definition) is 4. The van der Waals surface area contributed by atoms with Crippen LogP contribution in [0.25, 0.3) is 0 Å². The molecule has 0 spiro atoms. The molecule has 0 aromatic heterocycles. The van der Waals surface area contributed by atoms with Gasteiger partial charge in [0.05, 0.1) is 5.76 Å². The first-order chi connectivity index (χ1) is 6.17. The van der Waals surface area contributed by atoms with E-state index in [9.17, 15) is 5.11 Å². The summed E-state index contributed by atoms with van der Waals surface area (Å²) >= 11 is 0. The fourth-order valence-electron chi connectivity index (χ4n) is 1.27. The van der Waals surface area contributed by atoms with Crippen LogP contribution in [0.1, 0.15) is 6.42 Å². The second-order valence-electron chi connectivity index (χ2n) is 2.80.